The SMILES string of the molecule is Nc1cncc(-c2nnc(F)s2)c1. The van der Waals surface area contributed by atoms with E-state index in [2.05, 4.69) is 15.2 Å². The van der Waals surface area contributed by atoms with E-state index in [1.165, 1.54) is 6.20 Å². The molecule has 4 nitrogen and oxygen atoms in total. The Morgan fingerprint density at radius 3 is 2.77 bits per heavy atom. The molecule has 0 bridgehead atoms. The van der Waals surface area contributed by atoms with Gasteiger partial charge in [0.25, 0.3) is 5.26 Å². The molecular weight excluding hydrogens is 191 g/mol. The summed E-state index contributed by atoms with van der Waals surface area (Å²) >= 11 is 0.865. The third-order valence-corrected chi connectivity index (χ3v) is 2.17. The van der Waals surface area contributed by atoms with Gasteiger partial charge >= 0.3 is 0 Å². The van der Waals surface area contributed by atoms with Gasteiger partial charge in [-0.1, -0.05) is 11.3 Å². The van der Waals surface area contributed by atoms with Gasteiger partial charge in [0.15, 0.2) is 5.01 Å². The second kappa shape index (κ2) is 3.06. The van der Waals surface area contributed by atoms with E-state index >= 15 is 0 Å². The monoisotopic (exact) mass is 196 g/mol. The molecule has 0 fully saturated rings. The lowest BCUT2D eigenvalue weighted by Crippen LogP contribution is -1.87. The molecule has 13 heavy (non-hydrogen) atoms. The fourth-order valence-corrected chi connectivity index (χ4v) is 1.45. The van der Waals surface area contributed by atoms with Crippen molar-refractivity contribution in [3.8, 4) is 10.6 Å². The van der Waals surface area contributed by atoms with Crippen LogP contribution in [0.15, 0.2) is 18.5 Å². The van der Waals surface area contributed by atoms with E-state index in [-0.39, 0.29) is 0 Å². The quantitative estimate of drug-likeness (QED) is 0.747. The predicted octanol–water partition coefficient (Wildman–Crippen LogP) is 1.32. The van der Waals surface area contributed by atoms with Crippen LogP contribution in [0.5, 0.6) is 0 Å². The molecule has 0 saturated carbocycles. The van der Waals surface area contributed by atoms with Gasteiger partial charge in [0.2, 0.25) is 0 Å². The summed E-state index contributed by atoms with van der Waals surface area (Å²) in [5, 5.41) is 6.81. The normalized spacial score (nSPS) is 10.2. The van der Waals surface area contributed by atoms with E-state index < -0.39 is 5.26 Å². The van der Waals surface area contributed by atoms with Crippen molar-refractivity contribution in [2.24, 2.45) is 0 Å². The smallest absolute Gasteiger partial charge is 0.289 e. The zero-order valence-electron chi connectivity index (χ0n) is 6.44. The van der Waals surface area contributed by atoms with Gasteiger partial charge in [0.05, 0.1) is 5.69 Å². The number of aromatic nitrogens is 3. The van der Waals surface area contributed by atoms with Gasteiger partial charge in [0, 0.05) is 18.0 Å². The van der Waals surface area contributed by atoms with Crippen molar-refractivity contribution in [2.45, 2.75) is 0 Å². The topological polar surface area (TPSA) is 64.7 Å². The third kappa shape index (κ3) is 1.62. The summed E-state index contributed by atoms with van der Waals surface area (Å²) in [5.74, 6) is 0. The molecule has 0 amide bonds. The maximum atomic E-state index is 12.5. The van der Waals surface area contributed by atoms with Gasteiger partial charge in [0.1, 0.15) is 0 Å². The van der Waals surface area contributed by atoms with E-state index in [9.17, 15) is 4.39 Å². The molecular formula is C7H5FN4S. The first kappa shape index (κ1) is 8.06. The molecule has 6 heteroatoms. The standard InChI is InChI=1S/C7H5FN4S/c8-7-12-11-6(13-7)4-1-5(9)3-10-2-4/h1-3H,9H2. The van der Waals surface area contributed by atoms with E-state index in [4.69, 9.17) is 5.73 Å². The molecule has 2 N–H and O–H groups in total. The second-order valence-electron chi connectivity index (χ2n) is 2.37. The number of rotatable bonds is 1. The van der Waals surface area contributed by atoms with Crippen LogP contribution in [0.2, 0.25) is 0 Å². The molecule has 2 aromatic rings. The highest BCUT2D eigenvalue weighted by molar-refractivity contribution is 7.13. The minimum atomic E-state index is -0.558. The Labute approximate surface area is 77.3 Å². The summed E-state index contributed by atoms with van der Waals surface area (Å²) in [6, 6.07) is 1.67. The lowest BCUT2D eigenvalue weighted by Gasteiger charge is -1.94. The van der Waals surface area contributed by atoms with Crippen molar-refractivity contribution in [2.75, 3.05) is 5.73 Å². The maximum absolute atomic E-state index is 12.5. The highest BCUT2D eigenvalue weighted by Crippen LogP contribution is 2.22. The van der Waals surface area contributed by atoms with Crippen LogP contribution in [0.3, 0.4) is 0 Å². The molecule has 0 aliphatic rings. The van der Waals surface area contributed by atoms with Crippen LogP contribution < -0.4 is 5.73 Å². The molecule has 2 aromatic heterocycles. The first-order valence-corrected chi connectivity index (χ1v) is 4.27. The van der Waals surface area contributed by atoms with Gasteiger partial charge in [-0.3, -0.25) is 4.98 Å². The minimum absolute atomic E-state index is 0.484. The Balaban J connectivity index is 2.46. The molecule has 66 valence electrons. The van der Waals surface area contributed by atoms with Crippen LogP contribution in [0.25, 0.3) is 10.6 Å². The zero-order chi connectivity index (χ0) is 9.26. The van der Waals surface area contributed by atoms with Crippen molar-refractivity contribution in [1.29, 1.82) is 0 Å². The molecule has 0 spiro atoms. The molecule has 0 atom stereocenters. The Morgan fingerprint density at radius 2 is 2.15 bits per heavy atom. The van der Waals surface area contributed by atoms with Crippen LogP contribution in [-0.4, -0.2) is 15.2 Å². The number of pyridine rings is 1. The fourth-order valence-electron chi connectivity index (χ4n) is 0.897. The average molecular weight is 196 g/mol. The van der Waals surface area contributed by atoms with E-state index in [0.717, 1.165) is 11.3 Å². The zero-order valence-corrected chi connectivity index (χ0v) is 7.25. The highest BCUT2D eigenvalue weighted by atomic mass is 32.1. The van der Waals surface area contributed by atoms with Crippen LogP contribution in [0.4, 0.5) is 10.1 Å². The summed E-state index contributed by atoms with van der Waals surface area (Å²) in [4.78, 5) is 3.86. The maximum Gasteiger partial charge on any atom is 0.289 e. The summed E-state index contributed by atoms with van der Waals surface area (Å²) in [5.41, 5.74) is 6.71. The van der Waals surface area contributed by atoms with Gasteiger partial charge in [-0.2, -0.15) is 4.39 Å². The van der Waals surface area contributed by atoms with Crippen molar-refractivity contribution in [1.82, 2.24) is 15.2 Å². The Bertz CT molecular complexity index is 428. The lowest BCUT2D eigenvalue weighted by molar-refractivity contribution is 0.601. The minimum Gasteiger partial charge on any atom is -0.397 e. The summed E-state index contributed by atoms with van der Waals surface area (Å²) in [6.45, 7) is 0. The van der Waals surface area contributed by atoms with Crippen molar-refractivity contribution < 1.29 is 4.39 Å². The van der Waals surface area contributed by atoms with Crippen molar-refractivity contribution in [3.63, 3.8) is 0 Å². The van der Waals surface area contributed by atoms with Crippen LogP contribution in [0.1, 0.15) is 0 Å². The predicted molar refractivity (Wildman–Crippen MR) is 47.5 cm³/mol. The highest BCUT2D eigenvalue weighted by Gasteiger charge is 2.05. The van der Waals surface area contributed by atoms with E-state index in [1.54, 1.807) is 12.3 Å². The number of nitrogens with zero attached hydrogens (tertiary/aromatic N) is 3. The number of anilines is 1. The van der Waals surface area contributed by atoms with Crippen LogP contribution in [0, 0.1) is 5.26 Å². The number of nitrogen functional groups attached to an aromatic ring is 1. The molecule has 0 saturated heterocycles. The largest absolute Gasteiger partial charge is 0.397 e. The first-order chi connectivity index (χ1) is 6.25. The Kier molecular flexibility index (Phi) is 1.90. The molecule has 0 unspecified atom stereocenters. The number of halogens is 1. The Morgan fingerprint density at radius 1 is 1.31 bits per heavy atom. The van der Waals surface area contributed by atoms with Gasteiger partial charge in [-0.05, 0) is 6.07 Å². The molecule has 0 aliphatic carbocycles. The summed E-state index contributed by atoms with van der Waals surface area (Å²) < 4.78 is 12.5. The number of hydrogen-bond donors (Lipinski definition) is 1. The first-order valence-electron chi connectivity index (χ1n) is 3.45. The van der Waals surface area contributed by atoms with Gasteiger partial charge in [-0.15, -0.1) is 10.2 Å². The van der Waals surface area contributed by atoms with Crippen molar-refractivity contribution >= 4 is 17.0 Å². The Hall–Kier alpha value is -1.56. The third-order valence-electron chi connectivity index (χ3n) is 1.41. The second-order valence-corrected chi connectivity index (χ2v) is 3.29. The average Bonchev–Trinajstić information content (AvgIpc) is 2.52. The van der Waals surface area contributed by atoms with Crippen LogP contribution >= 0.6 is 11.3 Å². The number of nitrogens with two attached hydrogens (primary N) is 1. The molecule has 2 rings (SSSR count). The molecule has 0 radical (unpaired) electrons. The fraction of sp³-hybridized carbons (Fsp3) is 0. The van der Waals surface area contributed by atoms with Gasteiger partial charge in [-0.25, -0.2) is 0 Å². The van der Waals surface area contributed by atoms with Crippen LogP contribution in [-0.2, 0) is 0 Å². The number of hydrogen-bond acceptors (Lipinski definition) is 5. The molecule has 2 heterocycles. The van der Waals surface area contributed by atoms with E-state index in [1.807, 2.05) is 0 Å². The molecule has 0 aliphatic heterocycles. The molecule has 0 aromatic carbocycles. The van der Waals surface area contributed by atoms with Gasteiger partial charge < -0.3 is 5.73 Å². The van der Waals surface area contributed by atoms with E-state index in [0.29, 0.717) is 16.3 Å². The van der Waals surface area contributed by atoms with Crippen molar-refractivity contribution in [3.05, 3.63) is 23.7 Å². The summed E-state index contributed by atoms with van der Waals surface area (Å²) in [6.07, 6.45) is 3.08. The lowest BCUT2D eigenvalue weighted by atomic mass is 10.3. The summed E-state index contributed by atoms with van der Waals surface area (Å²) in [7, 11) is 0.